The number of nitrogens with one attached hydrogen (secondary N) is 1. The van der Waals surface area contributed by atoms with Crippen LogP contribution in [0, 0.1) is 12.7 Å². The molecule has 0 aliphatic carbocycles. The number of H-pyrrole nitrogens is 1. The molecule has 3 aromatic rings. The van der Waals surface area contributed by atoms with Gasteiger partial charge in [-0.3, -0.25) is 14.5 Å². The standard InChI is InChI=1S/C28H24Cl3F3N4O4S/c1-3-36-5-4-6-38(27(36)42)19-7-14-11-37(12-16(14)13(2)23(19)39)26(41)22-20(10-21(28(31,33)34)35-25(22)40)43-24-17(29)8-15(32)9-18(24)30/h7-10,39H,3-6,11-12H2,1-2H3,(H,35,40). The number of hydrogen-bond donors (Lipinski definition) is 2. The van der Waals surface area contributed by atoms with Gasteiger partial charge in [-0.1, -0.05) is 35.0 Å². The summed E-state index contributed by atoms with van der Waals surface area (Å²) in [5.41, 5.74) is -0.507. The van der Waals surface area contributed by atoms with E-state index in [4.69, 9.17) is 34.8 Å². The van der Waals surface area contributed by atoms with Crippen LogP contribution in [0.2, 0.25) is 10.0 Å². The fraction of sp³-hybridized carbons (Fsp3) is 0.321. The molecule has 0 spiro atoms. The minimum absolute atomic E-state index is 0.00209. The number of pyridine rings is 1. The maximum atomic E-state index is 14.1. The van der Waals surface area contributed by atoms with Crippen molar-refractivity contribution in [1.82, 2.24) is 14.8 Å². The number of aromatic amines is 1. The quantitative estimate of drug-likeness (QED) is 0.272. The summed E-state index contributed by atoms with van der Waals surface area (Å²) in [5, 5.41) is 6.77. The first-order valence-corrected chi connectivity index (χ1v) is 15.0. The molecule has 8 nitrogen and oxygen atoms in total. The van der Waals surface area contributed by atoms with Crippen LogP contribution in [-0.2, 0) is 18.5 Å². The van der Waals surface area contributed by atoms with Gasteiger partial charge in [0.05, 0.1) is 15.7 Å². The van der Waals surface area contributed by atoms with Crippen molar-refractivity contribution in [2.75, 3.05) is 24.5 Å². The Hall–Kier alpha value is -3.06. The van der Waals surface area contributed by atoms with Gasteiger partial charge in [0.1, 0.15) is 22.8 Å². The first-order valence-electron chi connectivity index (χ1n) is 13.1. The van der Waals surface area contributed by atoms with Crippen LogP contribution < -0.4 is 10.5 Å². The molecule has 0 unspecified atom stereocenters. The van der Waals surface area contributed by atoms with E-state index in [-0.39, 0.29) is 44.7 Å². The summed E-state index contributed by atoms with van der Waals surface area (Å²) < 4.78 is 41.9. The topological polar surface area (TPSA) is 96.9 Å². The number of anilines is 1. The van der Waals surface area contributed by atoms with Crippen LogP contribution in [0.15, 0.2) is 38.9 Å². The maximum Gasteiger partial charge on any atom is 0.362 e. The Morgan fingerprint density at radius 2 is 1.79 bits per heavy atom. The Kier molecular flexibility index (Phi) is 8.60. The lowest BCUT2D eigenvalue weighted by molar-refractivity contribution is 0.0740. The van der Waals surface area contributed by atoms with E-state index in [1.54, 1.807) is 17.9 Å². The second kappa shape index (κ2) is 11.8. The second-order valence-electron chi connectivity index (χ2n) is 10.1. The molecule has 2 N–H and O–H groups in total. The van der Waals surface area contributed by atoms with E-state index in [9.17, 15) is 32.7 Å². The predicted octanol–water partition coefficient (Wildman–Crippen LogP) is 7.08. The Labute approximate surface area is 263 Å². The number of amides is 3. The van der Waals surface area contributed by atoms with Crippen LogP contribution in [0.3, 0.4) is 0 Å². The van der Waals surface area contributed by atoms with E-state index in [1.165, 1.54) is 9.80 Å². The zero-order valence-electron chi connectivity index (χ0n) is 22.7. The van der Waals surface area contributed by atoms with Crippen LogP contribution in [0.5, 0.6) is 5.75 Å². The molecular weight excluding hydrogens is 652 g/mol. The summed E-state index contributed by atoms with van der Waals surface area (Å²) in [4.78, 5) is 46.3. The number of rotatable bonds is 6. The molecular formula is C28H24Cl3F3N4O4S. The van der Waals surface area contributed by atoms with Crippen LogP contribution in [0.25, 0.3) is 0 Å². The van der Waals surface area contributed by atoms with Gasteiger partial charge in [0.25, 0.3) is 11.5 Å². The lowest BCUT2D eigenvalue weighted by atomic mass is 10.0. The normalized spacial score (nSPS) is 15.3. The Balaban J connectivity index is 1.53. The number of alkyl halides is 3. The molecule has 2 aliphatic rings. The molecule has 5 rings (SSSR count). The molecule has 3 amide bonds. The third-order valence-corrected chi connectivity index (χ3v) is 9.63. The molecule has 228 valence electrons. The van der Waals surface area contributed by atoms with Gasteiger partial charge in [0.2, 0.25) is 0 Å². The van der Waals surface area contributed by atoms with Crippen molar-refractivity contribution < 1.29 is 27.9 Å². The molecule has 15 heteroatoms. The zero-order valence-corrected chi connectivity index (χ0v) is 25.8. The average molecular weight is 676 g/mol. The number of benzene rings is 2. The van der Waals surface area contributed by atoms with Gasteiger partial charge in [-0.2, -0.15) is 8.78 Å². The summed E-state index contributed by atoms with van der Waals surface area (Å²) in [6.45, 7) is 5.07. The van der Waals surface area contributed by atoms with Gasteiger partial charge < -0.3 is 19.9 Å². The van der Waals surface area contributed by atoms with E-state index < -0.39 is 33.9 Å². The monoisotopic (exact) mass is 674 g/mol. The van der Waals surface area contributed by atoms with Gasteiger partial charge in [-0.05, 0) is 72.8 Å². The smallest absolute Gasteiger partial charge is 0.362 e. The number of fused-ring (bicyclic) bond motifs is 1. The highest BCUT2D eigenvalue weighted by Gasteiger charge is 2.36. The summed E-state index contributed by atoms with van der Waals surface area (Å²) in [6.07, 6.45) is 0.711. The first kappa shape index (κ1) is 31.4. The van der Waals surface area contributed by atoms with Gasteiger partial charge in [-0.25, -0.2) is 9.18 Å². The molecule has 2 aromatic carbocycles. The van der Waals surface area contributed by atoms with Crippen LogP contribution >= 0.6 is 46.6 Å². The van der Waals surface area contributed by atoms with E-state index in [1.807, 2.05) is 11.9 Å². The number of halogens is 6. The van der Waals surface area contributed by atoms with Gasteiger partial charge in [0, 0.05) is 42.5 Å². The number of urea groups is 1. The molecule has 2 aliphatic heterocycles. The molecule has 1 fully saturated rings. The third kappa shape index (κ3) is 5.90. The van der Waals surface area contributed by atoms with Gasteiger partial charge in [0.15, 0.2) is 0 Å². The summed E-state index contributed by atoms with van der Waals surface area (Å²) in [7, 11) is 0. The predicted molar refractivity (Wildman–Crippen MR) is 158 cm³/mol. The molecule has 3 heterocycles. The van der Waals surface area contributed by atoms with Gasteiger partial charge >= 0.3 is 11.4 Å². The van der Waals surface area contributed by atoms with Crippen LogP contribution in [-0.4, -0.2) is 51.5 Å². The van der Waals surface area contributed by atoms with E-state index in [0.717, 1.165) is 18.2 Å². The van der Waals surface area contributed by atoms with E-state index in [2.05, 4.69) is 0 Å². The molecule has 0 bridgehead atoms. The molecule has 0 radical (unpaired) electrons. The number of carbonyl (C=O) groups is 2. The summed E-state index contributed by atoms with van der Waals surface area (Å²) in [5.74, 6) is -1.64. The van der Waals surface area contributed by atoms with Crippen molar-refractivity contribution in [3.05, 3.63) is 78.4 Å². The molecule has 0 atom stereocenters. The highest BCUT2D eigenvalue weighted by molar-refractivity contribution is 7.99. The highest BCUT2D eigenvalue weighted by atomic mass is 35.5. The number of phenolic OH excluding ortho intramolecular Hbond substituents is 1. The lowest BCUT2D eigenvalue weighted by Gasteiger charge is -2.35. The average Bonchev–Trinajstić information content (AvgIpc) is 3.36. The number of phenols is 1. The maximum absolute atomic E-state index is 14.1. The second-order valence-corrected chi connectivity index (χ2v) is 12.4. The highest BCUT2D eigenvalue weighted by Crippen LogP contribution is 2.44. The SMILES string of the molecule is CCN1CCCN(c2cc3c(c(C)c2O)CN(C(=O)c2c(Sc4c(Cl)cc(F)cc4Cl)cc(C(F)(F)Cl)[nH]c2=O)C3)C1=O. The first-order chi connectivity index (χ1) is 20.2. The van der Waals surface area contributed by atoms with Gasteiger partial charge in [-0.15, -0.1) is 0 Å². The van der Waals surface area contributed by atoms with Crippen molar-refractivity contribution in [2.45, 2.75) is 48.5 Å². The third-order valence-electron chi connectivity index (χ3n) is 7.42. The molecule has 1 saturated heterocycles. The van der Waals surface area contributed by atoms with Crippen molar-refractivity contribution in [3.8, 4) is 5.75 Å². The van der Waals surface area contributed by atoms with Crippen molar-refractivity contribution in [3.63, 3.8) is 0 Å². The summed E-state index contributed by atoms with van der Waals surface area (Å²) >= 11 is 18.1. The Bertz CT molecular complexity index is 1690. The van der Waals surface area contributed by atoms with Crippen LogP contribution in [0.1, 0.15) is 46.1 Å². The number of carbonyl (C=O) groups excluding carboxylic acids is 2. The van der Waals surface area contributed by atoms with Crippen molar-refractivity contribution in [1.29, 1.82) is 0 Å². The zero-order chi connectivity index (χ0) is 31.4. The lowest BCUT2D eigenvalue weighted by Crippen LogP contribution is -2.49. The summed E-state index contributed by atoms with van der Waals surface area (Å²) in [6, 6.07) is 4.17. The number of aromatic hydroxyl groups is 1. The fourth-order valence-electron chi connectivity index (χ4n) is 5.22. The minimum atomic E-state index is -3.97. The Morgan fingerprint density at radius 3 is 2.42 bits per heavy atom. The van der Waals surface area contributed by atoms with E-state index in [0.29, 0.717) is 60.2 Å². The van der Waals surface area contributed by atoms with Crippen molar-refractivity contribution in [2.24, 2.45) is 0 Å². The largest absolute Gasteiger partial charge is 0.505 e. The minimum Gasteiger partial charge on any atom is -0.505 e. The molecule has 1 aromatic heterocycles. The van der Waals surface area contributed by atoms with Crippen LogP contribution in [0.4, 0.5) is 23.7 Å². The number of hydrogen-bond acceptors (Lipinski definition) is 5. The molecule has 0 saturated carbocycles. The fourth-order valence-corrected chi connectivity index (χ4v) is 7.01. The van der Waals surface area contributed by atoms with E-state index >= 15 is 0 Å². The number of aromatic nitrogens is 1. The van der Waals surface area contributed by atoms with Crippen molar-refractivity contribution >= 4 is 64.2 Å². The Morgan fingerprint density at radius 1 is 1.12 bits per heavy atom. The molecule has 43 heavy (non-hydrogen) atoms. The number of nitrogens with zero attached hydrogens (tertiary/aromatic N) is 3.